The van der Waals surface area contributed by atoms with Crippen LogP contribution in [0, 0.1) is 0 Å². The Kier molecular flexibility index (Phi) is 4.12. The first-order chi connectivity index (χ1) is 9.80. The van der Waals surface area contributed by atoms with E-state index in [-0.39, 0.29) is 29.4 Å². The maximum Gasteiger partial charge on any atom is 0.323 e. The first-order valence-electron chi connectivity index (χ1n) is 6.17. The molecule has 1 atom stereocenters. The highest BCUT2D eigenvalue weighted by molar-refractivity contribution is 7.91. The van der Waals surface area contributed by atoms with Crippen LogP contribution < -0.4 is 0 Å². The number of hydrogen-bond donors (Lipinski definition) is 2. The smallest absolute Gasteiger partial charge is 0.323 e. The number of amides is 1. The highest BCUT2D eigenvalue weighted by atomic mass is 32.2. The number of hydrogen-bond acceptors (Lipinski definition) is 6. The van der Waals surface area contributed by atoms with Crippen LogP contribution in [0.15, 0.2) is 18.3 Å². The first kappa shape index (κ1) is 15.2. The molecule has 1 amide bonds. The van der Waals surface area contributed by atoms with Gasteiger partial charge >= 0.3 is 5.97 Å². The quantitative estimate of drug-likeness (QED) is 0.767. The monoisotopic (exact) mass is 314 g/mol. The Labute approximate surface area is 120 Å². The lowest BCUT2D eigenvalue weighted by molar-refractivity contribution is -0.138. The molecule has 0 saturated carbocycles. The highest BCUT2D eigenvalue weighted by Gasteiger charge is 2.36. The van der Waals surface area contributed by atoms with Crippen LogP contribution in [0.4, 0.5) is 0 Å². The lowest BCUT2D eigenvalue weighted by Crippen LogP contribution is -2.44. The van der Waals surface area contributed by atoms with Crippen LogP contribution in [0.3, 0.4) is 0 Å². The van der Waals surface area contributed by atoms with Gasteiger partial charge in [-0.05, 0) is 18.6 Å². The number of sulfone groups is 1. The maximum atomic E-state index is 12.3. The summed E-state index contributed by atoms with van der Waals surface area (Å²) in [4.78, 5) is 27.9. The third-order valence-corrected chi connectivity index (χ3v) is 4.95. The summed E-state index contributed by atoms with van der Waals surface area (Å²) in [6.45, 7) is -0.644. The molecule has 1 aromatic heterocycles. The van der Waals surface area contributed by atoms with E-state index in [0.717, 1.165) is 4.90 Å². The number of carboxylic acid groups (broad SMARTS) is 1. The molecule has 0 aromatic carbocycles. The maximum absolute atomic E-state index is 12.3. The molecule has 1 aliphatic heterocycles. The number of aromatic hydroxyl groups is 1. The Morgan fingerprint density at radius 3 is 2.67 bits per heavy atom. The fourth-order valence-electron chi connectivity index (χ4n) is 2.23. The van der Waals surface area contributed by atoms with E-state index in [1.54, 1.807) is 0 Å². The second-order valence-electron chi connectivity index (χ2n) is 4.75. The molecule has 2 rings (SSSR count). The number of rotatable bonds is 4. The van der Waals surface area contributed by atoms with E-state index >= 15 is 0 Å². The number of carbonyl (C=O) groups is 2. The second-order valence-corrected chi connectivity index (χ2v) is 6.98. The molecular formula is C12H14N2O6S. The van der Waals surface area contributed by atoms with E-state index in [4.69, 9.17) is 5.11 Å². The summed E-state index contributed by atoms with van der Waals surface area (Å²) >= 11 is 0. The van der Waals surface area contributed by atoms with Crippen LogP contribution >= 0.6 is 0 Å². The van der Waals surface area contributed by atoms with Gasteiger partial charge < -0.3 is 15.1 Å². The van der Waals surface area contributed by atoms with E-state index < -0.39 is 34.3 Å². The fraction of sp³-hybridized carbons (Fsp3) is 0.417. The van der Waals surface area contributed by atoms with Gasteiger partial charge in [-0.1, -0.05) is 0 Å². The van der Waals surface area contributed by atoms with Gasteiger partial charge in [-0.15, -0.1) is 0 Å². The van der Waals surface area contributed by atoms with Crippen molar-refractivity contribution >= 4 is 21.7 Å². The van der Waals surface area contributed by atoms with Gasteiger partial charge in [-0.2, -0.15) is 0 Å². The molecule has 1 aliphatic rings. The van der Waals surface area contributed by atoms with Crippen molar-refractivity contribution in [3.63, 3.8) is 0 Å². The highest BCUT2D eigenvalue weighted by Crippen LogP contribution is 2.22. The van der Waals surface area contributed by atoms with Gasteiger partial charge in [0.25, 0.3) is 5.91 Å². The number of carboxylic acids is 1. The van der Waals surface area contributed by atoms with Crippen molar-refractivity contribution in [2.24, 2.45) is 0 Å². The molecule has 2 N–H and O–H groups in total. The van der Waals surface area contributed by atoms with E-state index in [2.05, 4.69) is 4.98 Å². The second kappa shape index (κ2) is 5.68. The van der Waals surface area contributed by atoms with E-state index in [9.17, 15) is 23.1 Å². The predicted octanol–water partition coefficient (Wildman–Crippen LogP) is -0.499. The Balaban J connectivity index is 2.30. The topological polar surface area (TPSA) is 125 Å². The number of nitrogens with zero attached hydrogens (tertiary/aromatic N) is 2. The summed E-state index contributed by atoms with van der Waals surface area (Å²) in [5, 5.41) is 18.5. The molecule has 1 unspecified atom stereocenters. The van der Waals surface area contributed by atoms with Crippen LogP contribution in [0.2, 0.25) is 0 Å². The summed E-state index contributed by atoms with van der Waals surface area (Å²) in [5.74, 6) is -2.80. The zero-order chi connectivity index (χ0) is 15.6. The van der Waals surface area contributed by atoms with Crippen molar-refractivity contribution in [3.05, 3.63) is 24.0 Å². The van der Waals surface area contributed by atoms with Crippen LogP contribution in [-0.4, -0.2) is 64.5 Å². The van der Waals surface area contributed by atoms with Crippen LogP contribution in [-0.2, 0) is 14.6 Å². The minimum Gasteiger partial charge on any atom is -0.505 e. The van der Waals surface area contributed by atoms with Crippen molar-refractivity contribution in [2.45, 2.75) is 12.5 Å². The molecule has 114 valence electrons. The van der Waals surface area contributed by atoms with Gasteiger partial charge in [0.15, 0.2) is 15.5 Å². The summed E-state index contributed by atoms with van der Waals surface area (Å²) in [7, 11) is -3.27. The molecule has 9 heteroatoms. The molecule has 0 radical (unpaired) electrons. The average Bonchev–Trinajstić information content (AvgIpc) is 2.76. The van der Waals surface area contributed by atoms with Crippen molar-refractivity contribution in [3.8, 4) is 5.75 Å². The van der Waals surface area contributed by atoms with Crippen molar-refractivity contribution in [1.82, 2.24) is 9.88 Å². The molecule has 0 bridgehead atoms. The number of pyridine rings is 1. The lowest BCUT2D eigenvalue weighted by Gasteiger charge is -2.26. The third kappa shape index (κ3) is 3.48. The summed E-state index contributed by atoms with van der Waals surface area (Å²) in [5.41, 5.74) is -0.289. The minimum atomic E-state index is -3.27. The lowest BCUT2D eigenvalue weighted by atomic mass is 10.2. The average molecular weight is 314 g/mol. The first-order valence-corrected chi connectivity index (χ1v) is 7.99. The van der Waals surface area contributed by atoms with Gasteiger partial charge in [0.2, 0.25) is 0 Å². The van der Waals surface area contributed by atoms with Crippen LogP contribution in [0.25, 0.3) is 0 Å². The summed E-state index contributed by atoms with van der Waals surface area (Å²) in [6.07, 6.45) is 1.46. The minimum absolute atomic E-state index is 0.0880. The molecule has 1 aromatic rings. The van der Waals surface area contributed by atoms with Crippen LogP contribution in [0.1, 0.15) is 16.9 Å². The van der Waals surface area contributed by atoms with Gasteiger partial charge in [-0.25, -0.2) is 13.4 Å². The van der Waals surface area contributed by atoms with E-state index in [1.165, 1.54) is 18.3 Å². The van der Waals surface area contributed by atoms with Crippen molar-refractivity contribution in [2.75, 3.05) is 18.1 Å². The van der Waals surface area contributed by atoms with Gasteiger partial charge in [-0.3, -0.25) is 9.59 Å². The Morgan fingerprint density at radius 1 is 1.43 bits per heavy atom. The van der Waals surface area contributed by atoms with E-state index in [0.29, 0.717) is 0 Å². The number of aliphatic carboxylic acids is 1. The Hall–Kier alpha value is -2.16. The van der Waals surface area contributed by atoms with Gasteiger partial charge in [0.05, 0.1) is 11.5 Å². The zero-order valence-electron chi connectivity index (χ0n) is 11.0. The largest absolute Gasteiger partial charge is 0.505 e. The van der Waals surface area contributed by atoms with Gasteiger partial charge in [0.1, 0.15) is 12.3 Å². The standard InChI is InChI=1S/C12H14N2O6S/c15-9-2-1-4-13-11(9)12(18)14(6-10(16)17)8-3-5-21(19,20)7-8/h1-2,4,8,15H,3,5-7H2,(H,16,17). The molecule has 8 nitrogen and oxygen atoms in total. The molecule has 2 heterocycles. The van der Waals surface area contributed by atoms with Crippen molar-refractivity contribution < 1.29 is 28.2 Å². The Bertz CT molecular complexity index is 672. The molecule has 0 spiro atoms. The molecule has 1 saturated heterocycles. The van der Waals surface area contributed by atoms with Crippen LogP contribution in [0.5, 0.6) is 5.75 Å². The van der Waals surface area contributed by atoms with Gasteiger partial charge in [0, 0.05) is 12.2 Å². The zero-order valence-corrected chi connectivity index (χ0v) is 11.8. The summed E-state index contributed by atoms with van der Waals surface area (Å²) in [6, 6.07) is 1.96. The summed E-state index contributed by atoms with van der Waals surface area (Å²) < 4.78 is 23.0. The normalized spacial score (nSPS) is 20.1. The predicted molar refractivity (Wildman–Crippen MR) is 71.6 cm³/mol. The Morgan fingerprint density at radius 2 is 2.14 bits per heavy atom. The van der Waals surface area contributed by atoms with E-state index in [1.807, 2.05) is 0 Å². The number of carbonyl (C=O) groups excluding carboxylic acids is 1. The molecule has 21 heavy (non-hydrogen) atoms. The van der Waals surface area contributed by atoms with Crippen molar-refractivity contribution in [1.29, 1.82) is 0 Å². The molecular weight excluding hydrogens is 300 g/mol. The number of aromatic nitrogens is 1. The third-order valence-electron chi connectivity index (χ3n) is 3.20. The molecule has 0 aliphatic carbocycles. The fourth-order valence-corrected chi connectivity index (χ4v) is 3.96. The molecule has 1 fully saturated rings. The SMILES string of the molecule is O=C(O)CN(C(=O)c1ncccc1O)C1CCS(=O)(=O)C1.